The molecule has 2 N–H and O–H groups in total. The van der Waals surface area contributed by atoms with E-state index in [2.05, 4.69) is 27.7 Å². The number of rotatable bonds is 2. The van der Waals surface area contributed by atoms with Crippen molar-refractivity contribution in [3.05, 3.63) is 0 Å². The minimum atomic E-state index is 0.409. The molecule has 1 heteroatoms. The molecule has 1 rings (SSSR count). The molecular weight excluding hydrogens is 158 g/mol. The first-order valence-electron chi connectivity index (χ1n) is 5.69. The molecule has 1 aliphatic carbocycles. The Hall–Kier alpha value is -0.0400. The first-order chi connectivity index (χ1) is 5.99. The van der Waals surface area contributed by atoms with E-state index < -0.39 is 0 Å². The van der Waals surface area contributed by atoms with E-state index in [-0.39, 0.29) is 0 Å². The molecule has 0 heterocycles. The normalized spacial score (nSPS) is 41.1. The van der Waals surface area contributed by atoms with Gasteiger partial charge in [-0.25, -0.2) is 0 Å². The highest BCUT2D eigenvalue weighted by Crippen LogP contribution is 2.46. The number of hydrogen-bond acceptors (Lipinski definition) is 1. The van der Waals surface area contributed by atoms with Crippen LogP contribution in [0.5, 0.6) is 0 Å². The largest absolute Gasteiger partial charge is 0.330 e. The van der Waals surface area contributed by atoms with Crippen LogP contribution in [0.4, 0.5) is 0 Å². The van der Waals surface area contributed by atoms with Crippen LogP contribution in [0.1, 0.15) is 47.0 Å². The van der Waals surface area contributed by atoms with Gasteiger partial charge >= 0.3 is 0 Å². The van der Waals surface area contributed by atoms with Gasteiger partial charge in [0.05, 0.1) is 0 Å². The van der Waals surface area contributed by atoms with E-state index in [1.165, 1.54) is 19.3 Å². The van der Waals surface area contributed by atoms with E-state index in [4.69, 9.17) is 5.73 Å². The highest BCUT2D eigenvalue weighted by atomic mass is 14.6. The topological polar surface area (TPSA) is 26.0 Å². The third-order valence-corrected chi connectivity index (χ3v) is 3.95. The lowest BCUT2D eigenvalue weighted by atomic mass is 9.61. The molecule has 0 aromatic rings. The van der Waals surface area contributed by atoms with Gasteiger partial charge in [-0.05, 0) is 42.6 Å². The third kappa shape index (κ3) is 2.25. The van der Waals surface area contributed by atoms with Crippen LogP contribution in [-0.2, 0) is 0 Å². The predicted octanol–water partition coefficient (Wildman–Crippen LogP) is 3.04. The van der Waals surface area contributed by atoms with Crippen LogP contribution in [-0.4, -0.2) is 6.54 Å². The average molecular weight is 183 g/mol. The van der Waals surface area contributed by atoms with Crippen molar-refractivity contribution in [1.29, 1.82) is 0 Å². The van der Waals surface area contributed by atoms with Crippen molar-refractivity contribution >= 4 is 0 Å². The fourth-order valence-electron chi connectivity index (χ4n) is 3.23. The third-order valence-electron chi connectivity index (χ3n) is 3.95. The molecule has 1 aliphatic rings. The highest BCUT2D eigenvalue weighted by Gasteiger charge is 2.39. The zero-order valence-corrected chi connectivity index (χ0v) is 9.64. The molecule has 0 spiro atoms. The molecule has 1 fully saturated rings. The van der Waals surface area contributed by atoms with Crippen molar-refractivity contribution in [2.24, 2.45) is 28.9 Å². The molecule has 0 unspecified atom stereocenters. The molecule has 78 valence electrons. The number of nitrogens with two attached hydrogens (primary N) is 1. The van der Waals surface area contributed by atoms with Crippen molar-refractivity contribution in [1.82, 2.24) is 0 Å². The summed E-state index contributed by atoms with van der Waals surface area (Å²) < 4.78 is 0. The maximum absolute atomic E-state index is 5.93. The van der Waals surface area contributed by atoms with Crippen molar-refractivity contribution in [3.63, 3.8) is 0 Å². The SMILES string of the molecule is CC(C)[C@H]1CC[C@@H](C)C[C@@]1(C)CN. The molecule has 1 nitrogen and oxygen atoms in total. The van der Waals surface area contributed by atoms with Crippen molar-refractivity contribution in [2.45, 2.75) is 47.0 Å². The standard InChI is InChI=1S/C12H25N/c1-9(2)11-6-5-10(3)7-12(11,4)8-13/h9-11H,5-8,13H2,1-4H3/t10-,11-,12+/m1/s1. The lowest BCUT2D eigenvalue weighted by Crippen LogP contribution is -2.42. The van der Waals surface area contributed by atoms with E-state index in [0.717, 1.165) is 24.3 Å². The Bertz CT molecular complexity index is 165. The highest BCUT2D eigenvalue weighted by molar-refractivity contribution is 4.90. The van der Waals surface area contributed by atoms with Crippen molar-refractivity contribution in [2.75, 3.05) is 6.54 Å². The second kappa shape index (κ2) is 4.00. The summed E-state index contributed by atoms with van der Waals surface area (Å²) in [5.74, 6) is 2.51. The minimum absolute atomic E-state index is 0.409. The summed E-state index contributed by atoms with van der Waals surface area (Å²) in [5, 5.41) is 0. The fourth-order valence-corrected chi connectivity index (χ4v) is 3.23. The predicted molar refractivity (Wildman–Crippen MR) is 58.5 cm³/mol. The van der Waals surface area contributed by atoms with Gasteiger partial charge in [0, 0.05) is 0 Å². The van der Waals surface area contributed by atoms with Crippen LogP contribution < -0.4 is 5.73 Å². The Balaban J connectivity index is 2.72. The summed E-state index contributed by atoms with van der Waals surface area (Å²) in [6.07, 6.45) is 4.11. The van der Waals surface area contributed by atoms with Crippen LogP contribution in [0.15, 0.2) is 0 Å². The Labute approximate surface area is 83.1 Å². The van der Waals surface area contributed by atoms with Gasteiger partial charge < -0.3 is 5.73 Å². The Morgan fingerprint density at radius 3 is 2.46 bits per heavy atom. The summed E-state index contributed by atoms with van der Waals surface area (Å²) in [5.41, 5.74) is 6.34. The van der Waals surface area contributed by atoms with Gasteiger partial charge in [0.2, 0.25) is 0 Å². The molecule has 0 radical (unpaired) electrons. The van der Waals surface area contributed by atoms with Crippen molar-refractivity contribution in [3.8, 4) is 0 Å². The zero-order valence-electron chi connectivity index (χ0n) is 9.64. The lowest BCUT2D eigenvalue weighted by Gasteiger charge is -2.45. The van der Waals surface area contributed by atoms with Crippen LogP contribution in [0, 0.1) is 23.2 Å². The van der Waals surface area contributed by atoms with Gasteiger partial charge in [-0.1, -0.05) is 34.1 Å². The summed E-state index contributed by atoms with van der Waals surface area (Å²) in [7, 11) is 0. The van der Waals surface area contributed by atoms with Crippen LogP contribution in [0.2, 0.25) is 0 Å². The quantitative estimate of drug-likeness (QED) is 0.699. The molecule has 0 aliphatic heterocycles. The molecule has 3 atom stereocenters. The molecule has 1 saturated carbocycles. The maximum atomic E-state index is 5.93. The van der Waals surface area contributed by atoms with Crippen molar-refractivity contribution < 1.29 is 0 Å². The zero-order chi connectivity index (χ0) is 10.1. The maximum Gasteiger partial charge on any atom is -0.00203 e. The van der Waals surface area contributed by atoms with Gasteiger partial charge in [-0.2, -0.15) is 0 Å². The fraction of sp³-hybridized carbons (Fsp3) is 1.00. The molecule has 0 aromatic heterocycles. The molecule has 13 heavy (non-hydrogen) atoms. The van der Waals surface area contributed by atoms with Crippen LogP contribution in [0.25, 0.3) is 0 Å². The summed E-state index contributed by atoms with van der Waals surface area (Å²) in [6.45, 7) is 10.3. The van der Waals surface area contributed by atoms with Gasteiger partial charge in [0.25, 0.3) is 0 Å². The van der Waals surface area contributed by atoms with Gasteiger partial charge in [0.1, 0.15) is 0 Å². The monoisotopic (exact) mass is 183 g/mol. The lowest BCUT2D eigenvalue weighted by molar-refractivity contribution is 0.0570. The van der Waals surface area contributed by atoms with Gasteiger partial charge in [-0.15, -0.1) is 0 Å². The Kier molecular flexibility index (Phi) is 3.39. The Morgan fingerprint density at radius 1 is 1.38 bits per heavy atom. The Morgan fingerprint density at radius 2 is 2.00 bits per heavy atom. The smallest absolute Gasteiger partial charge is 0.00203 e. The van der Waals surface area contributed by atoms with Crippen LogP contribution >= 0.6 is 0 Å². The summed E-state index contributed by atoms with van der Waals surface area (Å²) >= 11 is 0. The molecule has 0 saturated heterocycles. The summed E-state index contributed by atoms with van der Waals surface area (Å²) in [6, 6.07) is 0. The minimum Gasteiger partial charge on any atom is -0.330 e. The molecule has 0 aromatic carbocycles. The van der Waals surface area contributed by atoms with E-state index in [1.807, 2.05) is 0 Å². The molecule has 0 bridgehead atoms. The average Bonchev–Trinajstić information content (AvgIpc) is 2.03. The van der Waals surface area contributed by atoms with E-state index in [0.29, 0.717) is 5.41 Å². The molecule has 0 amide bonds. The van der Waals surface area contributed by atoms with Gasteiger partial charge in [0.15, 0.2) is 0 Å². The van der Waals surface area contributed by atoms with E-state index in [9.17, 15) is 0 Å². The second-order valence-electron chi connectivity index (χ2n) is 5.60. The van der Waals surface area contributed by atoms with Gasteiger partial charge in [-0.3, -0.25) is 0 Å². The summed E-state index contributed by atoms with van der Waals surface area (Å²) in [4.78, 5) is 0. The first-order valence-corrected chi connectivity index (χ1v) is 5.69. The number of hydrogen-bond donors (Lipinski definition) is 1. The van der Waals surface area contributed by atoms with Crippen LogP contribution in [0.3, 0.4) is 0 Å². The second-order valence-corrected chi connectivity index (χ2v) is 5.60. The van der Waals surface area contributed by atoms with E-state index >= 15 is 0 Å². The van der Waals surface area contributed by atoms with E-state index in [1.54, 1.807) is 0 Å². The molecular formula is C12H25N. The first kappa shape index (κ1) is 11.0.